The lowest BCUT2D eigenvalue weighted by atomic mass is 10.0. The largest absolute Gasteiger partial charge is 0.493 e. The Morgan fingerprint density at radius 3 is 2.52 bits per heavy atom. The molecule has 0 bridgehead atoms. The molecular weight excluding hydrogens is 372 g/mol. The van der Waals surface area contributed by atoms with E-state index in [0.29, 0.717) is 24.7 Å². The molecule has 1 saturated heterocycles. The maximum atomic E-state index is 5.53. The quantitative estimate of drug-likeness (QED) is 0.549. The van der Waals surface area contributed by atoms with Crippen molar-refractivity contribution in [3.05, 3.63) is 42.2 Å². The zero-order valence-corrected chi connectivity index (χ0v) is 17.5. The minimum absolute atomic E-state index is 0.0902. The number of hydrogen-bond acceptors (Lipinski definition) is 8. The van der Waals surface area contributed by atoms with Crippen LogP contribution in [0, 0.1) is 0 Å². The van der Waals surface area contributed by atoms with Gasteiger partial charge in [0.2, 0.25) is 0 Å². The predicted molar refractivity (Wildman–Crippen MR) is 109 cm³/mol. The van der Waals surface area contributed by atoms with Gasteiger partial charge in [-0.3, -0.25) is 9.80 Å². The molecule has 0 saturated carbocycles. The lowest BCUT2D eigenvalue weighted by Gasteiger charge is -2.38. The van der Waals surface area contributed by atoms with Crippen molar-refractivity contribution < 1.29 is 14.2 Å². The van der Waals surface area contributed by atoms with Crippen LogP contribution in [-0.4, -0.2) is 90.7 Å². The third kappa shape index (κ3) is 4.92. The summed E-state index contributed by atoms with van der Waals surface area (Å²) in [7, 11) is 4.96. The van der Waals surface area contributed by atoms with E-state index in [4.69, 9.17) is 14.2 Å². The van der Waals surface area contributed by atoms with Crippen LogP contribution >= 0.6 is 0 Å². The number of tetrazole rings is 1. The third-order valence-electron chi connectivity index (χ3n) is 5.19. The van der Waals surface area contributed by atoms with E-state index in [1.54, 1.807) is 21.3 Å². The molecule has 1 aromatic heterocycles. The number of rotatable bonds is 10. The van der Waals surface area contributed by atoms with Crippen molar-refractivity contribution in [1.82, 2.24) is 30.0 Å². The van der Waals surface area contributed by atoms with Gasteiger partial charge >= 0.3 is 0 Å². The van der Waals surface area contributed by atoms with Crippen LogP contribution in [0.1, 0.15) is 17.4 Å². The second-order valence-electron chi connectivity index (χ2n) is 6.90. The Morgan fingerprint density at radius 1 is 1.10 bits per heavy atom. The fourth-order valence-corrected chi connectivity index (χ4v) is 3.68. The van der Waals surface area contributed by atoms with Gasteiger partial charge in [-0.1, -0.05) is 12.1 Å². The SMILES string of the molecule is C=CCN1CCN(C(c2ccc(OC)c(OC)c2)c2nnnn2CCOC)CC1. The van der Waals surface area contributed by atoms with Crippen LogP contribution in [0.4, 0.5) is 0 Å². The molecule has 158 valence electrons. The van der Waals surface area contributed by atoms with E-state index in [9.17, 15) is 0 Å². The van der Waals surface area contributed by atoms with Crippen molar-refractivity contribution in [3.63, 3.8) is 0 Å². The molecule has 1 unspecified atom stereocenters. The Kier molecular flexibility index (Phi) is 7.56. The van der Waals surface area contributed by atoms with Gasteiger partial charge in [-0.2, -0.15) is 0 Å². The normalized spacial score (nSPS) is 16.5. The van der Waals surface area contributed by atoms with E-state index in [-0.39, 0.29) is 6.04 Å². The van der Waals surface area contributed by atoms with Gasteiger partial charge in [-0.05, 0) is 28.1 Å². The first-order chi connectivity index (χ1) is 14.2. The molecule has 29 heavy (non-hydrogen) atoms. The van der Waals surface area contributed by atoms with Crippen LogP contribution < -0.4 is 9.47 Å². The molecule has 1 aliphatic rings. The predicted octanol–water partition coefficient (Wildman–Crippen LogP) is 1.23. The van der Waals surface area contributed by atoms with E-state index in [0.717, 1.165) is 44.1 Å². The van der Waals surface area contributed by atoms with Crippen molar-refractivity contribution in [1.29, 1.82) is 0 Å². The van der Waals surface area contributed by atoms with Gasteiger partial charge < -0.3 is 14.2 Å². The van der Waals surface area contributed by atoms with Gasteiger partial charge in [0.1, 0.15) is 0 Å². The summed E-state index contributed by atoms with van der Waals surface area (Å²) in [5.41, 5.74) is 1.06. The third-order valence-corrected chi connectivity index (χ3v) is 5.19. The van der Waals surface area contributed by atoms with Crippen molar-refractivity contribution in [2.45, 2.75) is 12.6 Å². The second-order valence-corrected chi connectivity index (χ2v) is 6.90. The highest BCUT2D eigenvalue weighted by Gasteiger charge is 2.31. The molecule has 0 aliphatic carbocycles. The monoisotopic (exact) mass is 402 g/mol. The molecule has 1 atom stereocenters. The summed E-state index contributed by atoms with van der Waals surface area (Å²) in [5, 5.41) is 12.5. The van der Waals surface area contributed by atoms with Gasteiger partial charge in [0.05, 0.1) is 33.4 Å². The van der Waals surface area contributed by atoms with Gasteiger partial charge in [0.15, 0.2) is 17.3 Å². The van der Waals surface area contributed by atoms with Crippen molar-refractivity contribution in [2.24, 2.45) is 0 Å². The molecule has 1 aromatic carbocycles. The molecule has 1 aliphatic heterocycles. The molecular formula is C20H30N6O3. The smallest absolute Gasteiger partial charge is 0.173 e. The molecule has 9 heteroatoms. The molecule has 2 heterocycles. The van der Waals surface area contributed by atoms with Crippen LogP contribution in [0.25, 0.3) is 0 Å². The lowest BCUT2D eigenvalue weighted by molar-refractivity contribution is 0.110. The summed E-state index contributed by atoms with van der Waals surface area (Å²) in [6, 6.07) is 5.90. The Morgan fingerprint density at radius 2 is 1.86 bits per heavy atom. The van der Waals surface area contributed by atoms with Crippen LogP contribution in [-0.2, 0) is 11.3 Å². The van der Waals surface area contributed by atoms with Crippen LogP contribution in [0.5, 0.6) is 11.5 Å². The fraction of sp³-hybridized carbons (Fsp3) is 0.550. The number of piperazine rings is 1. The molecule has 1 fully saturated rings. The molecule has 0 N–H and O–H groups in total. The summed E-state index contributed by atoms with van der Waals surface area (Å²) < 4.78 is 18.0. The summed E-state index contributed by atoms with van der Waals surface area (Å²) >= 11 is 0. The fourth-order valence-electron chi connectivity index (χ4n) is 3.68. The Hall–Kier alpha value is -2.49. The van der Waals surface area contributed by atoms with Crippen molar-refractivity contribution in [2.75, 3.05) is 60.7 Å². The first-order valence-corrected chi connectivity index (χ1v) is 9.76. The van der Waals surface area contributed by atoms with Crippen molar-refractivity contribution in [3.8, 4) is 11.5 Å². The molecule has 9 nitrogen and oxygen atoms in total. The van der Waals surface area contributed by atoms with Gasteiger partial charge in [-0.15, -0.1) is 11.7 Å². The maximum absolute atomic E-state index is 5.53. The minimum atomic E-state index is -0.0902. The molecule has 0 amide bonds. The van der Waals surface area contributed by atoms with E-state index in [1.807, 2.05) is 22.9 Å². The Labute approximate surface area is 171 Å². The first-order valence-electron chi connectivity index (χ1n) is 9.76. The van der Waals surface area contributed by atoms with Crippen LogP contribution in [0.2, 0.25) is 0 Å². The topological polar surface area (TPSA) is 77.8 Å². The summed E-state index contributed by atoms with van der Waals surface area (Å²) in [6.45, 7) is 9.64. The lowest BCUT2D eigenvalue weighted by Crippen LogP contribution is -2.48. The van der Waals surface area contributed by atoms with E-state index < -0.39 is 0 Å². The Bertz CT molecular complexity index is 788. The number of benzene rings is 1. The van der Waals surface area contributed by atoms with Crippen molar-refractivity contribution >= 4 is 0 Å². The van der Waals surface area contributed by atoms with Crippen LogP contribution in [0.15, 0.2) is 30.9 Å². The van der Waals surface area contributed by atoms with E-state index in [2.05, 4.69) is 38.0 Å². The maximum Gasteiger partial charge on any atom is 0.173 e. The van der Waals surface area contributed by atoms with Gasteiger partial charge in [0.25, 0.3) is 0 Å². The van der Waals surface area contributed by atoms with E-state index >= 15 is 0 Å². The number of methoxy groups -OCH3 is 3. The zero-order chi connectivity index (χ0) is 20.6. The highest BCUT2D eigenvalue weighted by molar-refractivity contribution is 5.45. The number of hydrogen-bond donors (Lipinski definition) is 0. The number of aromatic nitrogens is 4. The molecule has 0 radical (unpaired) electrons. The Balaban J connectivity index is 1.94. The number of ether oxygens (including phenoxy) is 3. The average molecular weight is 402 g/mol. The van der Waals surface area contributed by atoms with Gasteiger partial charge in [-0.25, -0.2) is 4.68 Å². The molecule has 0 spiro atoms. The summed E-state index contributed by atoms with van der Waals surface area (Å²) in [6.07, 6.45) is 1.95. The summed E-state index contributed by atoms with van der Waals surface area (Å²) in [5.74, 6) is 2.19. The molecule has 3 rings (SSSR count). The standard InChI is InChI=1S/C20H30N6O3/c1-5-8-24-9-11-25(12-10-24)19(20-21-22-23-26(20)13-14-27-2)16-6-7-17(28-3)18(15-16)29-4/h5-7,15,19H,1,8-14H2,2-4H3. The first kappa shape index (κ1) is 21.2. The number of nitrogens with zero attached hydrogens (tertiary/aromatic N) is 6. The van der Waals surface area contributed by atoms with Gasteiger partial charge in [0, 0.05) is 39.8 Å². The highest BCUT2D eigenvalue weighted by Crippen LogP contribution is 2.34. The van der Waals surface area contributed by atoms with E-state index in [1.165, 1.54) is 0 Å². The van der Waals surface area contributed by atoms with Crippen LogP contribution in [0.3, 0.4) is 0 Å². The zero-order valence-electron chi connectivity index (χ0n) is 17.5. The highest BCUT2D eigenvalue weighted by atomic mass is 16.5. The second kappa shape index (κ2) is 10.3. The average Bonchev–Trinajstić information content (AvgIpc) is 3.21. The molecule has 2 aromatic rings. The summed E-state index contributed by atoms with van der Waals surface area (Å²) in [4.78, 5) is 4.80. The minimum Gasteiger partial charge on any atom is -0.493 e.